The number of halogens is 4. The molecule has 20 heavy (non-hydrogen) atoms. The molecule has 2 rings (SSSR count). The monoisotopic (exact) mass is 285 g/mol. The molecule has 7 heteroatoms. The van der Waals surface area contributed by atoms with Crippen molar-refractivity contribution in [2.24, 2.45) is 0 Å². The van der Waals surface area contributed by atoms with Crippen LogP contribution in [0.15, 0.2) is 36.5 Å². The van der Waals surface area contributed by atoms with Gasteiger partial charge in [0.25, 0.3) is 0 Å². The minimum absolute atomic E-state index is 0.128. The van der Waals surface area contributed by atoms with Gasteiger partial charge in [0, 0.05) is 6.20 Å². The zero-order chi connectivity index (χ0) is 14.8. The summed E-state index contributed by atoms with van der Waals surface area (Å²) in [6, 6.07) is 6.09. The highest BCUT2D eigenvalue weighted by molar-refractivity contribution is 5.32. The molecule has 0 saturated heterocycles. The third kappa shape index (κ3) is 3.43. The fourth-order valence-corrected chi connectivity index (χ4v) is 1.61. The predicted molar refractivity (Wildman–Crippen MR) is 65.5 cm³/mol. The Morgan fingerprint density at radius 1 is 1.10 bits per heavy atom. The van der Waals surface area contributed by atoms with Crippen LogP contribution >= 0.6 is 0 Å². The first kappa shape index (κ1) is 14.2. The van der Waals surface area contributed by atoms with E-state index >= 15 is 0 Å². The van der Waals surface area contributed by atoms with Gasteiger partial charge in [-0.3, -0.25) is 0 Å². The first-order chi connectivity index (χ1) is 9.36. The van der Waals surface area contributed by atoms with Crippen LogP contribution in [0.1, 0.15) is 24.2 Å². The van der Waals surface area contributed by atoms with Crippen LogP contribution in [0.5, 0.6) is 0 Å². The lowest BCUT2D eigenvalue weighted by molar-refractivity contribution is -0.141. The average molecular weight is 285 g/mol. The molecule has 0 aliphatic carbocycles. The summed E-state index contributed by atoms with van der Waals surface area (Å²) < 4.78 is 50.3. The van der Waals surface area contributed by atoms with Gasteiger partial charge in [0.05, 0.1) is 6.04 Å². The highest BCUT2D eigenvalue weighted by Crippen LogP contribution is 2.28. The van der Waals surface area contributed by atoms with E-state index < -0.39 is 11.9 Å². The first-order valence-corrected chi connectivity index (χ1v) is 5.78. The maximum absolute atomic E-state index is 12.8. The summed E-state index contributed by atoms with van der Waals surface area (Å²) in [5.41, 5.74) is -0.297. The molecule has 1 heterocycles. The Bertz CT molecular complexity index is 581. The Morgan fingerprint density at radius 2 is 1.75 bits per heavy atom. The van der Waals surface area contributed by atoms with Crippen molar-refractivity contribution in [3.63, 3.8) is 0 Å². The molecule has 106 valence electrons. The van der Waals surface area contributed by atoms with Crippen molar-refractivity contribution in [1.29, 1.82) is 0 Å². The average Bonchev–Trinajstić information content (AvgIpc) is 2.38. The van der Waals surface area contributed by atoms with Gasteiger partial charge in [-0.1, -0.05) is 12.1 Å². The second-order valence-electron chi connectivity index (χ2n) is 4.18. The van der Waals surface area contributed by atoms with Crippen LogP contribution in [-0.4, -0.2) is 9.97 Å². The third-order valence-corrected chi connectivity index (χ3v) is 2.66. The Kier molecular flexibility index (Phi) is 3.87. The Morgan fingerprint density at radius 3 is 2.35 bits per heavy atom. The van der Waals surface area contributed by atoms with Crippen LogP contribution in [0.25, 0.3) is 0 Å². The highest BCUT2D eigenvalue weighted by Gasteiger charge is 2.32. The van der Waals surface area contributed by atoms with Crippen molar-refractivity contribution in [2.45, 2.75) is 19.1 Å². The first-order valence-electron chi connectivity index (χ1n) is 5.78. The minimum atomic E-state index is -4.52. The van der Waals surface area contributed by atoms with E-state index in [4.69, 9.17) is 0 Å². The molecule has 2 aromatic rings. The molecular weight excluding hydrogens is 274 g/mol. The molecule has 0 bridgehead atoms. The van der Waals surface area contributed by atoms with Crippen molar-refractivity contribution in [3.05, 3.63) is 53.6 Å². The Balaban J connectivity index is 2.15. The lowest BCUT2D eigenvalue weighted by Crippen LogP contribution is -2.13. The normalized spacial score (nSPS) is 13.1. The Hall–Kier alpha value is -2.18. The van der Waals surface area contributed by atoms with Crippen molar-refractivity contribution >= 4 is 5.95 Å². The van der Waals surface area contributed by atoms with E-state index in [-0.39, 0.29) is 17.8 Å². The number of nitrogens with one attached hydrogen (secondary N) is 1. The standard InChI is InChI=1S/C13H11F4N3/c1-8(9-2-4-10(14)5-3-9)19-12-18-7-6-11(20-12)13(15,16)17/h2-8H,1H3,(H,18,19,20). The number of rotatable bonds is 3. The summed E-state index contributed by atoms with van der Waals surface area (Å²) in [5, 5.41) is 2.75. The third-order valence-electron chi connectivity index (χ3n) is 2.66. The summed E-state index contributed by atoms with van der Waals surface area (Å²) in [6.45, 7) is 1.72. The summed E-state index contributed by atoms with van der Waals surface area (Å²) in [4.78, 5) is 7.15. The van der Waals surface area contributed by atoms with Gasteiger partial charge >= 0.3 is 6.18 Å². The molecule has 0 amide bonds. The number of nitrogens with zero attached hydrogens (tertiary/aromatic N) is 2. The Labute approximate surface area is 112 Å². The zero-order valence-corrected chi connectivity index (χ0v) is 10.4. The maximum Gasteiger partial charge on any atom is 0.433 e. The topological polar surface area (TPSA) is 37.8 Å². The summed E-state index contributed by atoms with van der Waals surface area (Å²) in [5.74, 6) is -0.507. The van der Waals surface area contributed by atoms with Crippen LogP contribution in [0.2, 0.25) is 0 Å². The van der Waals surface area contributed by atoms with Gasteiger partial charge in [0.2, 0.25) is 5.95 Å². The summed E-state index contributed by atoms with van der Waals surface area (Å²) in [6.07, 6.45) is -3.48. The van der Waals surface area contributed by atoms with Crippen molar-refractivity contribution in [3.8, 4) is 0 Å². The quantitative estimate of drug-likeness (QED) is 0.871. The predicted octanol–water partition coefficient (Wildman–Crippen LogP) is 3.81. The summed E-state index contributed by atoms with van der Waals surface area (Å²) >= 11 is 0. The van der Waals surface area contributed by atoms with Gasteiger partial charge in [-0.2, -0.15) is 13.2 Å². The van der Waals surface area contributed by atoms with E-state index in [0.717, 1.165) is 12.3 Å². The molecule has 0 fully saturated rings. The van der Waals surface area contributed by atoms with E-state index in [1.165, 1.54) is 12.1 Å². The minimum Gasteiger partial charge on any atom is -0.348 e. The van der Waals surface area contributed by atoms with Crippen LogP contribution in [0, 0.1) is 5.82 Å². The molecule has 0 saturated carbocycles. The van der Waals surface area contributed by atoms with E-state index in [1.54, 1.807) is 19.1 Å². The van der Waals surface area contributed by atoms with Crippen LogP contribution in [-0.2, 0) is 6.18 Å². The van der Waals surface area contributed by atoms with Crippen LogP contribution < -0.4 is 5.32 Å². The van der Waals surface area contributed by atoms with Crippen molar-refractivity contribution in [1.82, 2.24) is 9.97 Å². The molecule has 1 N–H and O–H groups in total. The molecule has 0 aliphatic rings. The number of hydrogen-bond acceptors (Lipinski definition) is 3. The lowest BCUT2D eigenvalue weighted by Gasteiger charge is -2.15. The molecule has 0 aliphatic heterocycles. The second kappa shape index (κ2) is 5.44. The molecule has 1 unspecified atom stereocenters. The van der Waals surface area contributed by atoms with E-state index in [1.807, 2.05) is 0 Å². The van der Waals surface area contributed by atoms with Gasteiger partial charge in [-0.05, 0) is 30.7 Å². The van der Waals surface area contributed by atoms with Gasteiger partial charge in [0.15, 0.2) is 0 Å². The molecule has 0 spiro atoms. The van der Waals surface area contributed by atoms with Crippen molar-refractivity contribution in [2.75, 3.05) is 5.32 Å². The van der Waals surface area contributed by atoms with Crippen molar-refractivity contribution < 1.29 is 17.6 Å². The number of benzene rings is 1. The summed E-state index contributed by atoms with van der Waals surface area (Å²) in [7, 11) is 0. The van der Waals surface area contributed by atoms with E-state index in [0.29, 0.717) is 5.56 Å². The number of aromatic nitrogens is 2. The SMILES string of the molecule is CC(Nc1nccc(C(F)(F)F)n1)c1ccc(F)cc1. The molecule has 3 nitrogen and oxygen atoms in total. The van der Waals surface area contributed by atoms with E-state index in [2.05, 4.69) is 15.3 Å². The lowest BCUT2D eigenvalue weighted by atomic mass is 10.1. The molecular formula is C13H11F4N3. The van der Waals surface area contributed by atoms with Gasteiger partial charge in [-0.25, -0.2) is 14.4 Å². The second-order valence-corrected chi connectivity index (χ2v) is 4.18. The maximum atomic E-state index is 12.8. The number of alkyl halides is 3. The molecule has 1 aromatic carbocycles. The van der Waals surface area contributed by atoms with Gasteiger partial charge in [0.1, 0.15) is 11.5 Å². The number of hydrogen-bond donors (Lipinski definition) is 1. The molecule has 1 aromatic heterocycles. The zero-order valence-electron chi connectivity index (χ0n) is 10.4. The molecule has 1 atom stereocenters. The highest BCUT2D eigenvalue weighted by atomic mass is 19.4. The fraction of sp³-hybridized carbons (Fsp3) is 0.231. The smallest absolute Gasteiger partial charge is 0.348 e. The molecule has 0 radical (unpaired) electrons. The van der Waals surface area contributed by atoms with Crippen LogP contribution in [0.3, 0.4) is 0 Å². The number of anilines is 1. The van der Waals surface area contributed by atoms with E-state index in [9.17, 15) is 17.6 Å². The fourth-order valence-electron chi connectivity index (χ4n) is 1.61. The largest absolute Gasteiger partial charge is 0.433 e. The van der Waals surface area contributed by atoms with Gasteiger partial charge < -0.3 is 5.32 Å². The van der Waals surface area contributed by atoms with Gasteiger partial charge in [-0.15, -0.1) is 0 Å². The van der Waals surface area contributed by atoms with Crippen LogP contribution in [0.4, 0.5) is 23.5 Å².